The van der Waals surface area contributed by atoms with Gasteiger partial charge in [0.2, 0.25) is 0 Å². The fourth-order valence-electron chi connectivity index (χ4n) is 3.54. The van der Waals surface area contributed by atoms with E-state index in [-0.39, 0.29) is 22.1 Å². The van der Waals surface area contributed by atoms with Gasteiger partial charge in [0, 0.05) is 11.3 Å². The summed E-state index contributed by atoms with van der Waals surface area (Å²) in [7, 11) is 0. The van der Waals surface area contributed by atoms with Gasteiger partial charge in [0.15, 0.2) is 16.6 Å². The molecule has 0 amide bonds. The van der Waals surface area contributed by atoms with Crippen molar-refractivity contribution in [2.45, 2.75) is 13.5 Å². The third-order valence-corrected chi connectivity index (χ3v) is 6.29. The number of benzene rings is 3. The van der Waals surface area contributed by atoms with E-state index < -0.39 is 5.97 Å². The number of carboxylic acid groups (broad SMARTS) is 1. The molecule has 11 heteroatoms. The first-order valence-corrected chi connectivity index (χ1v) is 12.1. The Morgan fingerprint density at radius 2 is 1.76 bits per heavy atom. The fourth-order valence-corrected chi connectivity index (χ4v) is 4.00. The third kappa shape index (κ3) is 6.26. The maximum Gasteiger partial charge on any atom is 0.335 e. The Morgan fingerprint density at radius 1 is 1.05 bits per heavy atom. The van der Waals surface area contributed by atoms with Gasteiger partial charge in [-0.2, -0.15) is 10.2 Å². The van der Waals surface area contributed by atoms with Crippen LogP contribution in [0.25, 0.3) is 11.3 Å². The monoisotopic (exact) mass is 553 g/mol. The molecule has 0 bridgehead atoms. The van der Waals surface area contributed by atoms with Crippen molar-refractivity contribution in [1.29, 1.82) is 0 Å². The number of thiocarbonyl (C=S) groups is 1. The number of anilines is 1. The van der Waals surface area contributed by atoms with Crippen molar-refractivity contribution in [2.75, 3.05) is 5.32 Å². The molecule has 188 valence electrons. The average Bonchev–Trinajstić information content (AvgIpc) is 3.20. The van der Waals surface area contributed by atoms with Crippen LogP contribution in [0.5, 0.6) is 5.75 Å². The van der Waals surface area contributed by atoms with Gasteiger partial charge in [-0.1, -0.05) is 59.6 Å². The first-order valence-electron chi connectivity index (χ1n) is 11.0. The molecular weight excluding hydrogens is 533 g/mol. The van der Waals surface area contributed by atoms with Crippen LogP contribution in [0.3, 0.4) is 0 Å². The normalized spacial score (nSPS) is 11.3. The Labute approximate surface area is 228 Å². The Bertz CT molecular complexity index is 1490. The lowest BCUT2D eigenvalue weighted by atomic mass is 10.1. The van der Waals surface area contributed by atoms with Crippen LogP contribution < -0.4 is 10.7 Å². The first kappa shape index (κ1) is 26.2. The number of carbonyl (C=O) groups is 1. The lowest BCUT2D eigenvalue weighted by Gasteiger charge is -2.09. The zero-order valence-corrected chi connectivity index (χ0v) is 21.8. The molecule has 3 aromatic carbocycles. The van der Waals surface area contributed by atoms with Crippen LogP contribution in [-0.4, -0.2) is 36.8 Å². The Balaban J connectivity index is 1.60. The summed E-state index contributed by atoms with van der Waals surface area (Å²) in [6.07, 6.45) is 0. The topological polar surface area (TPSA) is 112 Å². The second-order valence-electron chi connectivity index (χ2n) is 7.96. The van der Waals surface area contributed by atoms with Gasteiger partial charge in [0.25, 0.3) is 0 Å². The summed E-state index contributed by atoms with van der Waals surface area (Å²) >= 11 is 17.6. The SMILES string of the molecule is C/C(=N/NC(=S)Nc1ccc(C(=O)O)cc1)c1nn(Cc2ccccc2)c(-c2ccc(Cl)c(Cl)c2)c1O. The largest absolute Gasteiger partial charge is 0.504 e. The van der Waals surface area contributed by atoms with Crippen LogP contribution in [0.1, 0.15) is 28.5 Å². The third-order valence-electron chi connectivity index (χ3n) is 5.35. The molecule has 0 saturated heterocycles. The summed E-state index contributed by atoms with van der Waals surface area (Å²) in [6.45, 7) is 2.09. The van der Waals surface area contributed by atoms with Gasteiger partial charge in [-0.15, -0.1) is 0 Å². The average molecular weight is 554 g/mol. The van der Waals surface area contributed by atoms with E-state index >= 15 is 0 Å². The molecular formula is C26H21Cl2N5O3S. The summed E-state index contributed by atoms with van der Waals surface area (Å²) in [5.74, 6) is -1.08. The molecule has 1 aromatic heterocycles. The number of aromatic nitrogens is 2. The van der Waals surface area contributed by atoms with Crippen molar-refractivity contribution in [3.05, 3.63) is 99.7 Å². The summed E-state index contributed by atoms with van der Waals surface area (Å²) in [5.41, 5.74) is 6.22. The molecule has 4 N–H and O–H groups in total. The smallest absolute Gasteiger partial charge is 0.335 e. The van der Waals surface area contributed by atoms with Gasteiger partial charge < -0.3 is 15.5 Å². The second-order valence-corrected chi connectivity index (χ2v) is 9.19. The van der Waals surface area contributed by atoms with Crippen molar-refractivity contribution in [3.8, 4) is 17.0 Å². The van der Waals surface area contributed by atoms with Gasteiger partial charge in [-0.25, -0.2) is 4.79 Å². The number of hydrazone groups is 1. The molecule has 37 heavy (non-hydrogen) atoms. The van der Waals surface area contributed by atoms with Crippen molar-refractivity contribution < 1.29 is 15.0 Å². The molecule has 0 unspecified atom stereocenters. The summed E-state index contributed by atoms with van der Waals surface area (Å²) in [5, 5.41) is 32.9. The summed E-state index contributed by atoms with van der Waals surface area (Å²) < 4.78 is 1.68. The van der Waals surface area contributed by atoms with E-state index in [1.807, 2.05) is 30.3 Å². The van der Waals surface area contributed by atoms with Gasteiger partial charge in [0.05, 0.1) is 27.9 Å². The standard InChI is InChI=1S/C26H21Cl2N5O3S/c1-15(30-31-26(37)29-19-10-7-17(8-11-19)25(35)36)22-24(34)23(18-9-12-20(27)21(28)13-18)33(32-22)14-16-5-3-2-4-6-16/h2-13,34H,14H2,1H3,(H,35,36)(H2,29,31,37)/b30-15-. The summed E-state index contributed by atoms with van der Waals surface area (Å²) in [6, 6.07) is 20.9. The molecule has 4 rings (SSSR count). The van der Waals surface area contributed by atoms with E-state index in [0.29, 0.717) is 39.2 Å². The van der Waals surface area contributed by atoms with Crippen molar-refractivity contribution >= 4 is 57.9 Å². The van der Waals surface area contributed by atoms with Crippen LogP contribution in [0.2, 0.25) is 10.0 Å². The number of nitrogens with zero attached hydrogens (tertiary/aromatic N) is 3. The number of halogens is 2. The van der Waals surface area contributed by atoms with Crippen LogP contribution >= 0.6 is 35.4 Å². The summed E-state index contributed by atoms with van der Waals surface area (Å²) in [4.78, 5) is 11.0. The fraction of sp³-hybridized carbons (Fsp3) is 0.0769. The highest BCUT2D eigenvalue weighted by Crippen LogP contribution is 2.36. The van der Waals surface area contributed by atoms with Gasteiger partial charge in [-0.3, -0.25) is 10.1 Å². The van der Waals surface area contributed by atoms with Crippen molar-refractivity contribution in [2.24, 2.45) is 5.10 Å². The van der Waals surface area contributed by atoms with E-state index in [1.54, 1.807) is 41.9 Å². The number of aromatic carboxylic acids is 1. The predicted octanol–water partition coefficient (Wildman–Crippen LogP) is 6.02. The number of aromatic hydroxyl groups is 1. The minimum Gasteiger partial charge on any atom is -0.504 e. The van der Waals surface area contributed by atoms with Crippen molar-refractivity contribution in [3.63, 3.8) is 0 Å². The zero-order chi connectivity index (χ0) is 26.5. The van der Waals surface area contributed by atoms with Gasteiger partial charge in [-0.05, 0) is 61.1 Å². The lowest BCUT2D eigenvalue weighted by Crippen LogP contribution is -2.25. The van der Waals surface area contributed by atoms with Crippen molar-refractivity contribution in [1.82, 2.24) is 15.2 Å². The molecule has 8 nitrogen and oxygen atoms in total. The van der Waals surface area contributed by atoms with E-state index in [1.165, 1.54) is 12.1 Å². The Morgan fingerprint density at radius 3 is 2.41 bits per heavy atom. The molecule has 0 spiro atoms. The highest BCUT2D eigenvalue weighted by molar-refractivity contribution is 7.80. The molecule has 0 aliphatic rings. The first-order chi connectivity index (χ1) is 17.7. The Hall–Kier alpha value is -3.92. The van der Waals surface area contributed by atoms with Crippen LogP contribution in [-0.2, 0) is 6.54 Å². The van der Waals surface area contributed by atoms with Gasteiger partial charge >= 0.3 is 5.97 Å². The molecule has 4 aromatic rings. The van der Waals surface area contributed by atoms with Crippen LogP contribution in [0.4, 0.5) is 5.69 Å². The second kappa shape index (κ2) is 11.4. The molecule has 1 heterocycles. The number of rotatable bonds is 7. The molecule has 0 saturated carbocycles. The Kier molecular flexibility index (Phi) is 8.08. The van der Waals surface area contributed by atoms with E-state index in [9.17, 15) is 9.90 Å². The molecule has 0 fully saturated rings. The number of carboxylic acids is 1. The van der Waals surface area contributed by atoms with E-state index in [0.717, 1.165) is 5.56 Å². The van der Waals surface area contributed by atoms with Gasteiger partial charge in [0.1, 0.15) is 5.69 Å². The molecule has 0 radical (unpaired) electrons. The minimum atomic E-state index is -1.01. The van der Waals surface area contributed by atoms with E-state index in [4.69, 9.17) is 40.5 Å². The van der Waals surface area contributed by atoms with Crippen LogP contribution in [0, 0.1) is 0 Å². The highest BCUT2D eigenvalue weighted by atomic mass is 35.5. The molecule has 0 aliphatic heterocycles. The predicted molar refractivity (Wildman–Crippen MR) is 150 cm³/mol. The quantitative estimate of drug-likeness (QED) is 0.126. The minimum absolute atomic E-state index is 0.0690. The maximum atomic E-state index is 11.2. The van der Waals surface area contributed by atoms with Crippen LogP contribution in [0.15, 0.2) is 77.9 Å². The maximum absolute atomic E-state index is 11.2. The zero-order valence-electron chi connectivity index (χ0n) is 19.4. The van der Waals surface area contributed by atoms with E-state index in [2.05, 4.69) is 20.9 Å². The molecule has 0 atom stereocenters. The molecule has 0 aliphatic carbocycles. The number of hydrogen-bond donors (Lipinski definition) is 4. The highest BCUT2D eigenvalue weighted by Gasteiger charge is 2.22. The number of nitrogens with one attached hydrogen (secondary N) is 2. The number of hydrogen-bond acceptors (Lipinski definition) is 5. The lowest BCUT2D eigenvalue weighted by molar-refractivity contribution is 0.0697.